The zero-order valence-corrected chi connectivity index (χ0v) is 11.8. The van der Waals surface area contributed by atoms with Crippen molar-refractivity contribution in [2.45, 2.75) is 13.5 Å². The minimum Gasteiger partial charge on any atom is -0.508 e. The average molecular weight is 289 g/mol. The average Bonchev–Trinajstić information content (AvgIpc) is 2.44. The number of aryl methyl sites for hydroxylation is 1. The predicted molar refractivity (Wildman–Crippen MR) is 77.9 cm³/mol. The SMILES string of the molecule is COC(=O)c1ccc(C)c(NCc2cc(O)cc(F)c2)c1. The van der Waals surface area contributed by atoms with Crippen LogP contribution >= 0.6 is 0 Å². The Bertz CT molecular complexity index is 650. The van der Waals surface area contributed by atoms with Crippen molar-refractivity contribution in [3.05, 3.63) is 58.9 Å². The Morgan fingerprint density at radius 3 is 2.71 bits per heavy atom. The minimum atomic E-state index is -0.494. The fourth-order valence-electron chi connectivity index (χ4n) is 1.99. The van der Waals surface area contributed by atoms with Crippen molar-refractivity contribution in [2.75, 3.05) is 12.4 Å². The van der Waals surface area contributed by atoms with Gasteiger partial charge in [0.2, 0.25) is 0 Å². The van der Waals surface area contributed by atoms with Crippen molar-refractivity contribution < 1.29 is 19.0 Å². The maximum absolute atomic E-state index is 13.2. The molecular formula is C16H16FNO3. The van der Waals surface area contributed by atoms with E-state index >= 15 is 0 Å². The van der Waals surface area contributed by atoms with E-state index in [9.17, 15) is 14.3 Å². The lowest BCUT2D eigenvalue weighted by atomic mass is 10.1. The van der Waals surface area contributed by atoms with E-state index in [1.54, 1.807) is 18.2 Å². The van der Waals surface area contributed by atoms with E-state index in [1.165, 1.54) is 19.2 Å². The van der Waals surface area contributed by atoms with Crippen LogP contribution < -0.4 is 5.32 Å². The van der Waals surface area contributed by atoms with Gasteiger partial charge in [0.15, 0.2) is 0 Å². The Balaban J connectivity index is 2.17. The van der Waals surface area contributed by atoms with Gasteiger partial charge in [0.25, 0.3) is 0 Å². The quantitative estimate of drug-likeness (QED) is 0.848. The molecule has 0 spiro atoms. The number of carbonyl (C=O) groups excluding carboxylic acids is 1. The summed E-state index contributed by atoms with van der Waals surface area (Å²) in [4.78, 5) is 11.5. The van der Waals surface area contributed by atoms with E-state index in [0.717, 1.165) is 17.3 Å². The van der Waals surface area contributed by atoms with E-state index in [0.29, 0.717) is 17.7 Å². The van der Waals surface area contributed by atoms with Crippen LogP contribution in [0.3, 0.4) is 0 Å². The molecule has 0 amide bonds. The molecule has 2 aromatic rings. The first-order valence-electron chi connectivity index (χ1n) is 6.41. The molecular weight excluding hydrogens is 273 g/mol. The molecule has 110 valence electrons. The molecule has 0 saturated carbocycles. The number of halogens is 1. The summed E-state index contributed by atoms with van der Waals surface area (Å²) in [6, 6.07) is 9.03. The molecule has 2 aromatic carbocycles. The number of phenolic OH excluding ortho intramolecular Hbond substituents is 1. The Kier molecular flexibility index (Phi) is 4.42. The fourth-order valence-corrected chi connectivity index (χ4v) is 1.99. The van der Waals surface area contributed by atoms with E-state index in [1.807, 2.05) is 6.92 Å². The van der Waals surface area contributed by atoms with Crippen LogP contribution in [0.1, 0.15) is 21.5 Å². The van der Waals surface area contributed by atoms with E-state index in [-0.39, 0.29) is 5.75 Å². The summed E-state index contributed by atoms with van der Waals surface area (Å²) >= 11 is 0. The number of phenols is 1. The molecule has 0 aliphatic rings. The summed E-state index contributed by atoms with van der Waals surface area (Å²) in [6.07, 6.45) is 0. The van der Waals surface area contributed by atoms with Crippen LogP contribution in [0.5, 0.6) is 5.75 Å². The number of benzene rings is 2. The van der Waals surface area contributed by atoms with Gasteiger partial charge in [-0.1, -0.05) is 6.07 Å². The Morgan fingerprint density at radius 2 is 2.05 bits per heavy atom. The van der Waals surface area contributed by atoms with Gasteiger partial charge in [-0.05, 0) is 42.3 Å². The lowest BCUT2D eigenvalue weighted by molar-refractivity contribution is 0.0601. The highest BCUT2D eigenvalue weighted by molar-refractivity contribution is 5.90. The van der Waals surface area contributed by atoms with Crippen LogP contribution in [0, 0.1) is 12.7 Å². The summed E-state index contributed by atoms with van der Waals surface area (Å²) in [5.41, 5.74) is 2.74. The van der Waals surface area contributed by atoms with Crippen LogP contribution in [-0.2, 0) is 11.3 Å². The van der Waals surface area contributed by atoms with Crippen molar-refractivity contribution in [3.8, 4) is 5.75 Å². The number of methoxy groups -OCH3 is 1. The van der Waals surface area contributed by atoms with Crippen molar-refractivity contribution in [2.24, 2.45) is 0 Å². The number of hydrogen-bond donors (Lipinski definition) is 2. The Hall–Kier alpha value is -2.56. The Labute approximate surface area is 122 Å². The summed E-state index contributed by atoms with van der Waals surface area (Å²) in [6.45, 7) is 2.23. The van der Waals surface area contributed by atoms with Gasteiger partial charge in [0, 0.05) is 18.3 Å². The van der Waals surface area contributed by atoms with Crippen LogP contribution in [0.4, 0.5) is 10.1 Å². The summed E-state index contributed by atoms with van der Waals surface area (Å²) in [5, 5.41) is 12.5. The minimum absolute atomic E-state index is 0.119. The van der Waals surface area contributed by atoms with Gasteiger partial charge >= 0.3 is 5.97 Å². The summed E-state index contributed by atoms with van der Waals surface area (Å²) in [5.74, 6) is -1.03. The molecule has 0 fully saturated rings. The largest absolute Gasteiger partial charge is 0.508 e. The number of rotatable bonds is 4. The van der Waals surface area contributed by atoms with E-state index in [2.05, 4.69) is 10.1 Å². The first-order valence-corrected chi connectivity index (χ1v) is 6.41. The number of aromatic hydroxyl groups is 1. The van der Waals surface area contributed by atoms with Crippen molar-refractivity contribution >= 4 is 11.7 Å². The van der Waals surface area contributed by atoms with Crippen LogP contribution in [-0.4, -0.2) is 18.2 Å². The smallest absolute Gasteiger partial charge is 0.337 e. The van der Waals surface area contributed by atoms with Crippen molar-refractivity contribution in [1.29, 1.82) is 0 Å². The van der Waals surface area contributed by atoms with Gasteiger partial charge in [-0.3, -0.25) is 0 Å². The molecule has 0 radical (unpaired) electrons. The third-order valence-electron chi connectivity index (χ3n) is 3.08. The number of hydrogen-bond acceptors (Lipinski definition) is 4. The maximum Gasteiger partial charge on any atom is 0.337 e. The zero-order valence-electron chi connectivity index (χ0n) is 11.8. The molecule has 21 heavy (non-hydrogen) atoms. The summed E-state index contributed by atoms with van der Waals surface area (Å²) < 4.78 is 17.9. The maximum atomic E-state index is 13.2. The molecule has 0 aromatic heterocycles. The third kappa shape index (κ3) is 3.72. The molecule has 4 nitrogen and oxygen atoms in total. The molecule has 2 N–H and O–H groups in total. The third-order valence-corrected chi connectivity index (χ3v) is 3.08. The molecule has 0 aliphatic carbocycles. The monoisotopic (exact) mass is 289 g/mol. The lowest BCUT2D eigenvalue weighted by Gasteiger charge is -2.11. The highest BCUT2D eigenvalue weighted by Gasteiger charge is 2.08. The van der Waals surface area contributed by atoms with Crippen LogP contribution in [0.25, 0.3) is 0 Å². The molecule has 0 saturated heterocycles. The highest BCUT2D eigenvalue weighted by Crippen LogP contribution is 2.20. The molecule has 0 atom stereocenters. The molecule has 0 aliphatic heterocycles. The Morgan fingerprint density at radius 1 is 1.29 bits per heavy atom. The topological polar surface area (TPSA) is 58.6 Å². The van der Waals surface area contributed by atoms with Crippen molar-refractivity contribution in [1.82, 2.24) is 0 Å². The molecule has 2 rings (SSSR count). The van der Waals surface area contributed by atoms with Gasteiger partial charge in [-0.15, -0.1) is 0 Å². The normalized spacial score (nSPS) is 10.2. The van der Waals surface area contributed by atoms with Gasteiger partial charge in [-0.2, -0.15) is 0 Å². The van der Waals surface area contributed by atoms with Gasteiger partial charge in [-0.25, -0.2) is 9.18 Å². The number of carbonyl (C=O) groups is 1. The second kappa shape index (κ2) is 6.26. The predicted octanol–water partition coefficient (Wildman–Crippen LogP) is 3.24. The molecule has 0 bridgehead atoms. The number of anilines is 1. The number of ether oxygens (including phenoxy) is 1. The van der Waals surface area contributed by atoms with Gasteiger partial charge in [0.05, 0.1) is 12.7 Å². The first kappa shape index (κ1) is 14.8. The standard InChI is InChI=1S/C16H16FNO3/c1-10-3-4-12(16(20)21-2)7-15(10)18-9-11-5-13(17)8-14(19)6-11/h3-8,18-19H,9H2,1-2H3. The van der Waals surface area contributed by atoms with Crippen LogP contribution in [0.15, 0.2) is 36.4 Å². The van der Waals surface area contributed by atoms with Crippen LogP contribution in [0.2, 0.25) is 0 Å². The van der Waals surface area contributed by atoms with Crippen molar-refractivity contribution in [3.63, 3.8) is 0 Å². The molecule has 5 heteroatoms. The number of nitrogens with one attached hydrogen (secondary N) is 1. The van der Waals surface area contributed by atoms with Gasteiger partial charge in [0.1, 0.15) is 11.6 Å². The first-order chi connectivity index (χ1) is 9.99. The number of esters is 1. The lowest BCUT2D eigenvalue weighted by Crippen LogP contribution is -2.05. The highest BCUT2D eigenvalue weighted by atomic mass is 19.1. The van der Waals surface area contributed by atoms with E-state index < -0.39 is 11.8 Å². The molecule has 0 heterocycles. The zero-order chi connectivity index (χ0) is 15.4. The molecule has 0 unspecified atom stereocenters. The summed E-state index contributed by atoms with van der Waals surface area (Å²) in [7, 11) is 1.32. The van der Waals surface area contributed by atoms with Gasteiger partial charge < -0.3 is 15.2 Å². The second-order valence-corrected chi connectivity index (χ2v) is 4.69. The second-order valence-electron chi connectivity index (χ2n) is 4.69. The van der Waals surface area contributed by atoms with E-state index in [4.69, 9.17) is 0 Å². The fraction of sp³-hybridized carbons (Fsp3) is 0.188.